The number of benzene rings is 1. The minimum Gasteiger partial charge on any atom is -0.305 e. The molecule has 7 nitrogen and oxygen atoms in total. The summed E-state index contributed by atoms with van der Waals surface area (Å²) in [5.74, 6) is 4.58. The minimum atomic E-state index is -0.407. The summed E-state index contributed by atoms with van der Waals surface area (Å²) in [5, 5.41) is 15.7. The van der Waals surface area contributed by atoms with Crippen LogP contribution in [0.3, 0.4) is 0 Å². The number of nitrogens with one attached hydrogen (secondary N) is 2. The number of aryl methyl sites for hydroxylation is 1. The maximum absolute atomic E-state index is 11.7. The number of nitriles is 1. The highest BCUT2D eigenvalue weighted by Gasteiger charge is 2.14. The number of carbonyl (C=O) groups excluding carboxylic acids is 1. The van der Waals surface area contributed by atoms with Crippen LogP contribution in [0.25, 0.3) is 0 Å². The van der Waals surface area contributed by atoms with Crippen molar-refractivity contribution in [3.8, 4) is 6.07 Å². The molecule has 0 atom stereocenters. The van der Waals surface area contributed by atoms with E-state index in [1.165, 1.54) is 6.07 Å². The molecule has 1 aromatic rings. The molecule has 0 saturated carbocycles. The molecular formula is C10H12N6O. The summed E-state index contributed by atoms with van der Waals surface area (Å²) < 4.78 is 0. The monoisotopic (exact) mass is 232 g/mol. The molecule has 0 aliphatic carbocycles. The Bertz CT molecular complexity index is 502. The Labute approximate surface area is 98.3 Å². The van der Waals surface area contributed by atoms with E-state index in [2.05, 4.69) is 21.2 Å². The lowest BCUT2D eigenvalue weighted by Crippen LogP contribution is -2.34. The maximum atomic E-state index is 11.7. The molecule has 0 saturated heterocycles. The second-order valence-corrected chi connectivity index (χ2v) is 3.22. The zero-order chi connectivity index (χ0) is 12.8. The van der Waals surface area contributed by atoms with Gasteiger partial charge in [-0.1, -0.05) is 5.22 Å². The number of nitrogens with two attached hydrogens (primary N) is 1. The number of rotatable bonds is 3. The third-order valence-electron chi connectivity index (χ3n) is 2.07. The van der Waals surface area contributed by atoms with E-state index in [4.69, 9.17) is 11.1 Å². The lowest BCUT2D eigenvalue weighted by molar-refractivity contribution is 0.0938. The zero-order valence-corrected chi connectivity index (χ0v) is 9.48. The van der Waals surface area contributed by atoms with Crippen molar-refractivity contribution in [2.75, 3.05) is 7.05 Å². The van der Waals surface area contributed by atoms with Crippen LogP contribution in [0.2, 0.25) is 0 Å². The fraction of sp³-hybridized carbons (Fsp3) is 0.200. The molecule has 0 bridgehead atoms. The van der Waals surface area contributed by atoms with Gasteiger partial charge in [0.05, 0.1) is 17.2 Å². The van der Waals surface area contributed by atoms with E-state index in [1.807, 2.05) is 6.07 Å². The van der Waals surface area contributed by atoms with Crippen molar-refractivity contribution in [3.05, 3.63) is 28.8 Å². The van der Waals surface area contributed by atoms with E-state index >= 15 is 0 Å². The summed E-state index contributed by atoms with van der Waals surface area (Å²) in [6.45, 7) is 1.72. The Morgan fingerprint density at radius 1 is 1.53 bits per heavy atom. The highest BCUT2D eigenvalue weighted by molar-refractivity contribution is 5.99. The van der Waals surface area contributed by atoms with Gasteiger partial charge in [-0.05, 0) is 24.6 Å². The molecule has 0 aliphatic rings. The van der Waals surface area contributed by atoms with Gasteiger partial charge in [-0.3, -0.25) is 10.2 Å². The van der Waals surface area contributed by atoms with E-state index in [1.54, 1.807) is 20.0 Å². The molecule has 0 heterocycles. The third-order valence-corrected chi connectivity index (χ3v) is 2.07. The van der Waals surface area contributed by atoms with Crippen LogP contribution in [0.1, 0.15) is 21.5 Å². The smallest absolute Gasteiger partial charge is 0.267 e. The van der Waals surface area contributed by atoms with Gasteiger partial charge in [0.25, 0.3) is 5.91 Å². The topological polar surface area (TPSA) is 116 Å². The van der Waals surface area contributed by atoms with Gasteiger partial charge in [-0.15, -0.1) is 5.11 Å². The Morgan fingerprint density at radius 3 is 2.76 bits per heavy atom. The predicted molar refractivity (Wildman–Crippen MR) is 61.1 cm³/mol. The normalized spacial score (nSPS) is 10.2. The molecule has 0 spiro atoms. The van der Waals surface area contributed by atoms with Crippen molar-refractivity contribution in [1.82, 2.24) is 10.9 Å². The van der Waals surface area contributed by atoms with Crippen molar-refractivity contribution in [3.63, 3.8) is 0 Å². The standard InChI is InChI=1S/C10H12N6O/c1-6-3-7(5-11)4-8(9(6)14-16-12)10(17)15-13-2/h3-4,13H,1-2H3,(H2,12,14)(H,15,17). The molecule has 7 heteroatoms. The van der Waals surface area contributed by atoms with Crippen molar-refractivity contribution >= 4 is 11.6 Å². The first-order valence-corrected chi connectivity index (χ1v) is 4.76. The van der Waals surface area contributed by atoms with E-state index in [9.17, 15) is 4.79 Å². The van der Waals surface area contributed by atoms with Crippen molar-refractivity contribution in [2.45, 2.75) is 6.92 Å². The minimum absolute atomic E-state index is 0.241. The highest BCUT2D eigenvalue weighted by atomic mass is 16.2. The Hall–Kier alpha value is -2.46. The molecule has 0 fully saturated rings. The van der Waals surface area contributed by atoms with Crippen LogP contribution in [0.15, 0.2) is 22.5 Å². The molecule has 1 rings (SSSR count). The molecule has 0 aliphatic heterocycles. The van der Waals surface area contributed by atoms with Gasteiger partial charge in [0.2, 0.25) is 0 Å². The number of amides is 1. The van der Waals surface area contributed by atoms with Crippen molar-refractivity contribution in [2.24, 2.45) is 16.2 Å². The zero-order valence-electron chi connectivity index (χ0n) is 9.48. The average molecular weight is 232 g/mol. The number of nitrogens with zero attached hydrogens (tertiary/aromatic N) is 3. The molecule has 0 unspecified atom stereocenters. The first kappa shape index (κ1) is 12.6. The summed E-state index contributed by atoms with van der Waals surface area (Å²) in [5.41, 5.74) is 6.52. The van der Waals surface area contributed by atoms with Crippen LogP contribution in [-0.2, 0) is 0 Å². The lowest BCUT2D eigenvalue weighted by atomic mass is 10.0. The first-order chi connectivity index (χ1) is 8.13. The Morgan fingerprint density at radius 2 is 2.24 bits per heavy atom. The Kier molecular flexibility index (Phi) is 4.14. The van der Waals surface area contributed by atoms with Crippen molar-refractivity contribution in [1.29, 1.82) is 5.26 Å². The van der Waals surface area contributed by atoms with E-state index in [0.717, 1.165) is 0 Å². The van der Waals surface area contributed by atoms with Crippen LogP contribution in [0.5, 0.6) is 0 Å². The summed E-state index contributed by atoms with van der Waals surface area (Å²) in [6.07, 6.45) is 0. The average Bonchev–Trinajstić information content (AvgIpc) is 2.31. The summed E-state index contributed by atoms with van der Waals surface area (Å²) >= 11 is 0. The number of hydrogen-bond acceptors (Lipinski definition) is 5. The number of hydrazine groups is 1. The maximum Gasteiger partial charge on any atom is 0.267 e. The van der Waals surface area contributed by atoms with Crippen LogP contribution in [0, 0.1) is 18.3 Å². The summed E-state index contributed by atoms with van der Waals surface area (Å²) in [4.78, 5) is 11.7. The molecule has 4 N–H and O–H groups in total. The van der Waals surface area contributed by atoms with Crippen LogP contribution in [-0.4, -0.2) is 13.0 Å². The molecule has 0 aromatic heterocycles. The molecule has 1 aromatic carbocycles. The van der Waals surface area contributed by atoms with Crippen LogP contribution in [0.4, 0.5) is 5.69 Å². The number of carbonyl (C=O) groups is 1. The first-order valence-electron chi connectivity index (χ1n) is 4.76. The van der Waals surface area contributed by atoms with Crippen LogP contribution < -0.4 is 16.7 Å². The predicted octanol–water partition coefficient (Wildman–Crippen LogP) is 0.688. The second kappa shape index (κ2) is 5.58. The quantitative estimate of drug-likeness (QED) is 0.404. The molecule has 88 valence electrons. The highest BCUT2D eigenvalue weighted by Crippen LogP contribution is 2.25. The van der Waals surface area contributed by atoms with E-state index < -0.39 is 5.91 Å². The van der Waals surface area contributed by atoms with Gasteiger partial charge in [-0.2, -0.15) is 5.26 Å². The molecule has 0 radical (unpaired) electrons. The SMILES string of the molecule is CNNC(=O)c1cc(C#N)cc(C)c1N=NN. The van der Waals surface area contributed by atoms with Gasteiger partial charge < -0.3 is 5.84 Å². The lowest BCUT2D eigenvalue weighted by Gasteiger charge is -2.08. The van der Waals surface area contributed by atoms with Gasteiger partial charge in [0.15, 0.2) is 0 Å². The fourth-order valence-electron chi connectivity index (χ4n) is 1.39. The largest absolute Gasteiger partial charge is 0.305 e. The molecule has 1 amide bonds. The van der Waals surface area contributed by atoms with E-state index in [-0.39, 0.29) is 5.56 Å². The van der Waals surface area contributed by atoms with Crippen molar-refractivity contribution < 1.29 is 4.79 Å². The Balaban J connectivity index is 3.38. The van der Waals surface area contributed by atoms with Gasteiger partial charge >= 0.3 is 0 Å². The van der Waals surface area contributed by atoms with Gasteiger partial charge in [0, 0.05) is 7.05 Å². The summed E-state index contributed by atoms with van der Waals surface area (Å²) in [7, 11) is 1.56. The molecular weight excluding hydrogens is 220 g/mol. The third kappa shape index (κ3) is 2.76. The van der Waals surface area contributed by atoms with Gasteiger partial charge in [-0.25, -0.2) is 5.43 Å². The summed E-state index contributed by atoms with van der Waals surface area (Å²) in [6, 6.07) is 5.02. The molecule has 17 heavy (non-hydrogen) atoms. The fourth-order valence-corrected chi connectivity index (χ4v) is 1.39. The van der Waals surface area contributed by atoms with Crippen LogP contribution >= 0.6 is 0 Å². The van der Waals surface area contributed by atoms with E-state index in [0.29, 0.717) is 16.8 Å². The van der Waals surface area contributed by atoms with Gasteiger partial charge in [0.1, 0.15) is 5.69 Å². The number of hydrogen-bond donors (Lipinski definition) is 3. The second-order valence-electron chi connectivity index (χ2n) is 3.22.